The SMILES string of the molecule is COc1cc(C)c(C)cc1C(N)C(F)F. The van der Waals surface area contributed by atoms with Crippen LogP contribution in [0.3, 0.4) is 0 Å². The molecule has 1 aromatic rings. The van der Waals surface area contributed by atoms with Gasteiger partial charge in [0, 0.05) is 5.56 Å². The summed E-state index contributed by atoms with van der Waals surface area (Å²) in [6.07, 6.45) is -2.58. The van der Waals surface area contributed by atoms with Crippen molar-refractivity contribution >= 4 is 0 Å². The topological polar surface area (TPSA) is 35.2 Å². The summed E-state index contributed by atoms with van der Waals surface area (Å²) in [5.74, 6) is 0.422. The van der Waals surface area contributed by atoms with E-state index in [1.807, 2.05) is 13.8 Å². The lowest BCUT2D eigenvalue weighted by Gasteiger charge is -2.16. The van der Waals surface area contributed by atoms with E-state index < -0.39 is 12.5 Å². The van der Waals surface area contributed by atoms with Gasteiger partial charge in [-0.25, -0.2) is 8.78 Å². The van der Waals surface area contributed by atoms with Crippen molar-refractivity contribution in [1.82, 2.24) is 0 Å². The van der Waals surface area contributed by atoms with Crippen molar-refractivity contribution in [2.45, 2.75) is 26.3 Å². The fourth-order valence-electron chi connectivity index (χ4n) is 1.39. The molecule has 0 aliphatic heterocycles. The Morgan fingerprint density at radius 2 is 1.73 bits per heavy atom. The lowest BCUT2D eigenvalue weighted by Crippen LogP contribution is -2.20. The molecule has 0 spiro atoms. The van der Waals surface area contributed by atoms with Crippen LogP contribution in [-0.4, -0.2) is 13.5 Å². The van der Waals surface area contributed by atoms with Crippen molar-refractivity contribution in [3.05, 3.63) is 28.8 Å². The zero-order valence-electron chi connectivity index (χ0n) is 9.05. The molecular formula is C11H15F2NO. The second-order valence-electron chi connectivity index (χ2n) is 3.54. The van der Waals surface area contributed by atoms with Gasteiger partial charge in [0.25, 0.3) is 6.43 Å². The minimum Gasteiger partial charge on any atom is -0.496 e. The van der Waals surface area contributed by atoms with Gasteiger partial charge in [0.15, 0.2) is 0 Å². The molecule has 0 heterocycles. The molecule has 0 radical (unpaired) electrons. The monoisotopic (exact) mass is 215 g/mol. The fraction of sp³-hybridized carbons (Fsp3) is 0.455. The first-order valence-corrected chi connectivity index (χ1v) is 4.66. The Kier molecular flexibility index (Phi) is 3.63. The van der Waals surface area contributed by atoms with Crippen LogP contribution in [0.25, 0.3) is 0 Å². The first-order valence-electron chi connectivity index (χ1n) is 4.66. The summed E-state index contributed by atoms with van der Waals surface area (Å²) >= 11 is 0. The van der Waals surface area contributed by atoms with E-state index in [4.69, 9.17) is 10.5 Å². The van der Waals surface area contributed by atoms with Crippen molar-refractivity contribution < 1.29 is 13.5 Å². The van der Waals surface area contributed by atoms with E-state index in [0.29, 0.717) is 11.3 Å². The summed E-state index contributed by atoms with van der Waals surface area (Å²) in [6.45, 7) is 3.76. The summed E-state index contributed by atoms with van der Waals surface area (Å²) in [4.78, 5) is 0. The van der Waals surface area contributed by atoms with Gasteiger partial charge in [0.2, 0.25) is 0 Å². The molecule has 0 amide bonds. The Labute approximate surface area is 88.0 Å². The zero-order chi connectivity index (χ0) is 11.6. The quantitative estimate of drug-likeness (QED) is 0.841. The highest BCUT2D eigenvalue weighted by Crippen LogP contribution is 2.30. The molecule has 0 aliphatic rings. The molecular weight excluding hydrogens is 200 g/mol. The predicted molar refractivity (Wildman–Crippen MR) is 55.4 cm³/mol. The standard InChI is InChI=1S/C11H15F2NO/c1-6-4-8(10(14)11(12)13)9(15-3)5-7(6)2/h4-5,10-11H,14H2,1-3H3. The van der Waals surface area contributed by atoms with Crippen molar-refractivity contribution in [1.29, 1.82) is 0 Å². The minimum absolute atomic E-state index is 0.357. The highest BCUT2D eigenvalue weighted by atomic mass is 19.3. The molecule has 0 fully saturated rings. The Balaban J connectivity index is 3.21. The Morgan fingerprint density at radius 1 is 1.20 bits per heavy atom. The van der Waals surface area contributed by atoms with E-state index >= 15 is 0 Å². The van der Waals surface area contributed by atoms with Crippen LogP contribution in [0.15, 0.2) is 12.1 Å². The van der Waals surface area contributed by atoms with Crippen LogP contribution in [0.2, 0.25) is 0 Å². The maximum atomic E-state index is 12.5. The van der Waals surface area contributed by atoms with Gasteiger partial charge in [-0.1, -0.05) is 6.07 Å². The molecule has 0 aliphatic carbocycles. The summed E-state index contributed by atoms with van der Waals surface area (Å²) in [5.41, 5.74) is 7.69. The molecule has 1 rings (SSSR count). The second-order valence-corrected chi connectivity index (χ2v) is 3.54. The second kappa shape index (κ2) is 4.57. The van der Waals surface area contributed by atoms with Crippen LogP contribution in [0, 0.1) is 13.8 Å². The van der Waals surface area contributed by atoms with E-state index in [9.17, 15) is 8.78 Å². The van der Waals surface area contributed by atoms with Gasteiger partial charge in [0.1, 0.15) is 5.75 Å². The normalized spacial score (nSPS) is 13.0. The van der Waals surface area contributed by atoms with Crippen LogP contribution < -0.4 is 10.5 Å². The van der Waals surface area contributed by atoms with Crippen molar-refractivity contribution in [2.24, 2.45) is 5.73 Å². The number of nitrogens with two attached hydrogens (primary N) is 1. The number of methoxy groups -OCH3 is 1. The van der Waals surface area contributed by atoms with E-state index in [1.54, 1.807) is 12.1 Å². The molecule has 84 valence electrons. The summed E-state index contributed by atoms with van der Waals surface area (Å²) in [5, 5.41) is 0. The Hall–Kier alpha value is -1.16. The number of halogens is 2. The molecule has 0 bridgehead atoms. The van der Waals surface area contributed by atoms with Gasteiger partial charge in [-0.2, -0.15) is 0 Å². The first kappa shape index (κ1) is 11.9. The van der Waals surface area contributed by atoms with E-state index in [0.717, 1.165) is 11.1 Å². The number of hydrogen-bond acceptors (Lipinski definition) is 2. The first-order chi connectivity index (χ1) is 6.97. The van der Waals surface area contributed by atoms with Gasteiger partial charge in [-0.15, -0.1) is 0 Å². The van der Waals surface area contributed by atoms with Crippen LogP contribution >= 0.6 is 0 Å². The van der Waals surface area contributed by atoms with Crippen molar-refractivity contribution in [3.63, 3.8) is 0 Å². The molecule has 15 heavy (non-hydrogen) atoms. The number of rotatable bonds is 3. The third kappa shape index (κ3) is 2.45. The number of ether oxygens (including phenoxy) is 1. The van der Waals surface area contributed by atoms with Gasteiger partial charge in [-0.3, -0.25) is 0 Å². The Morgan fingerprint density at radius 3 is 2.20 bits per heavy atom. The van der Waals surface area contributed by atoms with Crippen LogP contribution in [0.5, 0.6) is 5.75 Å². The molecule has 1 unspecified atom stereocenters. The Bertz CT molecular complexity index is 353. The summed E-state index contributed by atoms with van der Waals surface area (Å²) in [6, 6.07) is 2.09. The zero-order valence-corrected chi connectivity index (χ0v) is 9.05. The number of aryl methyl sites for hydroxylation is 2. The molecule has 2 N–H and O–H groups in total. The van der Waals surface area contributed by atoms with E-state index in [1.165, 1.54) is 7.11 Å². The average Bonchev–Trinajstić information content (AvgIpc) is 2.20. The summed E-state index contributed by atoms with van der Waals surface area (Å²) < 4.78 is 30.0. The van der Waals surface area contributed by atoms with E-state index in [-0.39, 0.29) is 0 Å². The number of hydrogen-bond donors (Lipinski definition) is 1. The van der Waals surface area contributed by atoms with Gasteiger partial charge in [-0.05, 0) is 31.0 Å². The fourth-order valence-corrected chi connectivity index (χ4v) is 1.39. The molecule has 0 aromatic heterocycles. The summed E-state index contributed by atoms with van der Waals surface area (Å²) in [7, 11) is 1.45. The van der Waals surface area contributed by atoms with Crippen molar-refractivity contribution in [2.75, 3.05) is 7.11 Å². The third-order valence-electron chi connectivity index (χ3n) is 2.48. The minimum atomic E-state index is -2.58. The smallest absolute Gasteiger partial charge is 0.257 e. The van der Waals surface area contributed by atoms with Crippen molar-refractivity contribution in [3.8, 4) is 5.75 Å². The lowest BCUT2D eigenvalue weighted by molar-refractivity contribution is 0.115. The largest absolute Gasteiger partial charge is 0.496 e. The number of benzene rings is 1. The highest BCUT2D eigenvalue weighted by molar-refractivity contribution is 5.43. The molecule has 4 heteroatoms. The third-order valence-corrected chi connectivity index (χ3v) is 2.48. The molecule has 1 atom stereocenters. The van der Waals surface area contributed by atoms with Crippen LogP contribution in [0.4, 0.5) is 8.78 Å². The molecule has 0 saturated heterocycles. The number of alkyl halides is 2. The maximum Gasteiger partial charge on any atom is 0.257 e. The maximum absolute atomic E-state index is 12.5. The lowest BCUT2D eigenvalue weighted by atomic mass is 10.0. The van der Waals surface area contributed by atoms with Gasteiger partial charge < -0.3 is 10.5 Å². The van der Waals surface area contributed by atoms with Gasteiger partial charge in [0.05, 0.1) is 13.2 Å². The molecule has 2 nitrogen and oxygen atoms in total. The predicted octanol–water partition coefficient (Wildman–Crippen LogP) is 2.58. The molecule has 0 saturated carbocycles. The average molecular weight is 215 g/mol. The molecule has 1 aromatic carbocycles. The highest BCUT2D eigenvalue weighted by Gasteiger charge is 2.21. The van der Waals surface area contributed by atoms with E-state index in [2.05, 4.69) is 0 Å². The van der Waals surface area contributed by atoms with Crippen LogP contribution in [0.1, 0.15) is 22.7 Å². The van der Waals surface area contributed by atoms with Crippen LogP contribution in [-0.2, 0) is 0 Å². The van der Waals surface area contributed by atoms with Gasteiger partial charge >= 0.3 is 0 Å².